The van der Waals surface area contributed by atoms with Crippen molar-refractivity contribution in [2.24, 2.45) is 5.92 Å². The van der Waals surface area contributed by atoms with Crippen molar-refractivity contribution in [3.63, 3.8) is 0 Å². The first-order chi connectivity index (χ1) is 12.8. The molecule has 2 saturated heterocycles. The predicted octanol–water partition coefficient (Wildman–Crippen LogP) is 2.73. The summed E-state index contributed by atoms with van der Waals surface area (Å²) in [5, 5.41) is 0. The van der Waals surface area contributed by atoms with E-state index in [4.69, 9.17) is 4.74 Å². The van der Waals surface area contributed by atoms with Crippen LogP contribution in [0.2, 0.25) is 0 Å². The first-order valence-corrected chi connectivity index (χ1v) is 11.2. The van der Waals surface area contributed by atoms with Crippen molar-refractivity contribution in [2.45, 2.75) is 50.8 Å². The lowest BCUT2D eigenvalue weighted by molar-refractivity contribution is -0.137. The molecule has 1 amide bonds. The van der Waals surface area contributed by atoms with Crippen LogP contribution in [0.1, 0.15) is 43.2 Å². The van der Waals surface area contributed by atoms with Crippen LogP contribution in [-0.4, -0.2) is 56.8 Å². The Morgan fingerprint density at radius 3 is 2.22 bits per heavy atom. The van der Waals surface area contributed by atoms with Gasteiger partial charge in [0.1, 0.15) is 5.75 Å². The average molecular weight is 395 g/mol. The molecule has 0 N–H and O–H groups in total. The van der Waals surface area contributed by atoms with Gasteiger partial charge in [0.05, 0.1) is 12.0 Å². The van der Waals surface area contributed by atoms with E-state index in [1.165, 1.54) is 10.7 Å². The Morgan fingerprint density at radius 1 is 1.00 bits per heavy atom. The number of carbonyl (C=O) groups excluding carboxylic acids is 1. The minimum atomic E-state index is -3.56. The lowest BCUT2D eigenvalue weighted by atomic mass is 9.95. The van der Waals surface area contributed by atoms with Crippen LogP contribution in [0, 0.1) is 19.8 Å². The van der Waals surface area contributed by atoms with Crippen molar-refractivity contribution in [3.05, 3.63) is 23.3 Å². The molecule has 1 aromatic rings. The van der Waals surface area contributed by atoms with Gasteiger partial charge in [0.25, 0.3) is 0 Å². The van der Waals surface area contributed by atoms with E-state index < -0.39 is 10.0 Å². The van der Waals surface area contributed by atoms with Gasteiger partial charge in [-0.25, -0.2) is 8.42 Å². The number of aryl methyl sites for hydroxylation is 2. The zero-order chi connectivity index (χ0) is 19.6. The van der Waals surface area contributed by atoms with Crippen LogP contribution in [0.25, 0.3) is 0 Å². The summed E-state index contributed by atoms with van der Waals surface area (Å²) in [7, 11) is -1.98. The second kappa shape index (κ2) is 8.19. The van der Waals surface area contributed by atoms with Crippen molar-refractivity contribution >= 4 is 15.9 Å². The van der Waals surface area contributed by atoms with Gasteiger partial charge in [0.2, 0.25) is 15.9 Å². The summed E-state index contributed by atoms with van der Waals surface area (Å²) in [4.78, 5) is 15.0. The Labute approximate surface area is 162 Å². The van der Waals surface area contributed by atoms with Crippen molar-refractivity contribution in [1.82, 2.24) is 9.21 Å². The lowest BCUT2D eigenvalue weighted by Crippen LogP contribution is -2.45. The first kappa shape index (κ1) is 20.1. The minimum Gasteiger partial charge on any atom is -0.496 e. The van der Waals surface area contributed by atoms with Gasteiger partial charge in [-0.1, -0.05) is 0 Å². The van der Waals surface area contributed by atoms with Gasteiger partial charge in [-0.3, -0.25) is 4.79 Å². The number of methoxy groups -OCH3 is 1. The van der Waals surface area contributed by atoms with Crippen molar-refractivity contribution < 1.29 is 17.9 Å². The molecule has 2 aliphatic rings. The Kier molecular flexibility index (Phi) is 6.11. The molecule has 0 radical (unpaired) electrons. The van der Waals surface area contributed by atoms with E-state index in [9.17, 15) is 13.2 Å². The van der Waals surface area contributed by atoms with Gasteiger partial charge >= 0.3 is 0 Å². The summed E-state index contributed by atoms with van der Waals surface area (Å²) >= 11 is 0. The lowest BCUT2D eigenvalue weighted by Gasteiger charge is -2.35. The third kappa shape index (κ3) is 4.14. The smallest absolute Gasteiger partial charge is 0.243 e. The molecule has 0 unspecified atom stereocenters. The number of rotatable bonds is 4. The second-order valence-electron chi connectivity index (χ2n) is 7.65. The van der Waals surface area contributed by atoms with E-state index in [1.54, 1.807) is 26.2 Å². The monoisotopic (exact) mass is 394 g/mol. The molecule has 0 aromatic heterocycles. The molecule has 0 bridgehead atoms. The van der Waals surface area contributed by atoms with Gasteiger partial charge in [-0.15, -0.1) is 0 Å². The number of nitrogens with zero attached hydrogens (tertiary/aromatic N) is 2. The van der Waals surface area contributed by atoms with Crippen LogP contribution in [0.15, 0.2) is 17.0 Å². The van der Waals surface area contributed by atoms with Crippen molar-refractivity contribution in [3.8, 4) is 5.75 Å². The molecule has 3 rings (SSSR count). The highest BCUT2D eigenvalue weighted by Gasteiger charge is 2.34. The highest BCUT2D eigenvalue weighted by molar-refractivity contribution is 7.89. The van der Waals surface area contributed by atoms with Crippen LogP contribution in [-0.2, 0) is 14.8 Å². The normalized spacial score (nSPS) is 19.9. The predicted molar refractivity (Wildman–Crippen MR) is 104 cm³/mol. The first-order valence-electron chi connectivity index (χ1n) is 9.78. The fraction of sp³-hybridized carbons (Fsp3) is 0.650. The Hall–Kier alpha value is -1.60. The Morgan fingerprint density at radius 2 is 1.63 bits per heavy atom. The van der Waals surface area contributed by atoms with Crippen LogP contribution in [0.5, 0.6) is 5.75 Å². The summed E-state index contributed by atoms with van der Waals surface area (Å²) in [5.41, 5.74) is 1.49. The summed E-state index contributed by atoms with van der Waals surface area (Å²) < 4.78 is 33.1. The fourth-order valence-electron chi connectivity index (χ4n) is 4.12. The van der Waals surface area contributed by atoms with E-state index >= 15 is 0 Å². The molecule has 6 nitrogen and oxygen atoms in total. The number of amides is 1. The SMILES string of the molecule is COc1cc(C)c(S(=O)(=O)N2CCC(C(=O)N3CCCCC3)CC2)cc1C. The molecule has 150 valence electrons. The van der Waals surface area contributed by atoms with Crippen molar-refractivity contribution in [1.29, 1.82) is 0 Å². The number of hydrogen-bond donors (Lipinski definition) is 0. The van der Waals surface area contributed by atoms with Crippen LogP contribution >= 0.6 is 0 Å². The average Bonchev–Trinajstić information content (AvgIpc) is 2.69. The van der Waals surface area contributed by atoms with Gasteiger partial charge in [0, 0.05) is 32.1 Å². The van der Waals surface area contributed by atoms with E-state index in [2.05, 4.69) is 0 Å². The number of benzene rings is 1. The molecule has 2 fully saturated rings. The van der Waals surface area contributed by atoms with Gasteiger partial charge in [-0.2, -0.15) is 4.31 Å². The second-order valence-corrected chi connectivity index (χ2v) is 9.56. The molecular formula is C20H30N2O4S. The summed E-state index contributed by atoms with van der Waals surface area (Å²) in [6.07, 6.45) is 4.55. The standard InChI is InChI=1S/C20H30N2O4S/c1-15-14-19(16(2)13-18(15)26-3)27(24,25)22-11-7-17(8-12-22)20(23)21-9-5-4-6-10-21/h13-14,17H,4-12H2,1-3H3. The van der Waals surface area contributed by atoms with Gasteiger partial charge in [-0.05, 0) is 69.2 Å². The molecule has 0 spiro atoms. The van der Waals surface area contributed by atoms with Crippen LogP contribution in [0.3, 0.4) is 0 Å². The summed E-state index contributed by atoms with van der Waals surface area (Å²) in [6, 6.07) is 3.46. The molecule has 7 heteroatoms. The van der Waals surface area contributed by atoms with Crippen LogP contribution in [0.4, 0.5) is 0 Å². The molecule has 1 aromatic carbocycles. The van der Waals surface area contributed by atoms with E-state index in [0.717, 1.165) is 31.5 Å². The maximum absolute atomic E-state index is 13.1. The topological polar surface area (TPSA) is 66.9 Å². The maximum Gasteiger partial charge on any atom is 0.243 e. The largest absolute Gasteiger partial charge is 0.496 e. The maximum atomic E-state index is 13.1. The zero-order valence-electron chi connectivity index (χ0n) is 16.5. The number of ether oxygens (including phenoxy) is 1. The molecular weight excluding hydrogens is 364 g/mol. The third-order valence-corrected chi connectivity index (χ3v) is 7.82. The highest BCUT2D eigenvalue weighted by atomic mass is 32.2. The quantitative estimate of drug-likeness (QED) is 0.788. The Bertz CT molecular complexity index is 792. The third-order valence-electron chi connectivity index (χ3n) is 5.78. The number of sulfonamides is 1. The number of piperidine rings is 2. The van der Waals surface area contributed by atoms with E-state index in [-0.39, 0.29) is 11.8 Å². The highest BCUT2D eigenvalue weighted by Crippen LogP contribution is 2.30. The minimum absolute atomic E-state index is 0.0479. The van der Waals surface area contributed by atoms with Gasteiger partial charge < -0.3 is 9.64 Å². The number of carbonyl (C=O) groups is 1. The molecule has 2 heterocycles. The van der Waals surface area contributed by atoms with E-state index in [0.29, 0.717) is 42.1 Å². The molecule has 0 aliphatic carbocycles. The zero-order valence-corrected chi connectivity index (χ0v) is 17.3. The molecule has 0 atom stereocenters. The molecule has 0 saturated carbocycles. The van der Waals surface area contributed by atoms with Crippen molar-refractivity contribution in [2.75, 3.05) is 33.3 Å². The molecule has 2 aliphatic heterocycles. The fourth-order valence-corrected chi connectivity index (χ4v) is 5.88. The number of likely N-dealkylation sites (tertiary alicyclic amines) is 1. The van der Waals surface area contributed by atoms with Gasteiger partial charge in [0.15, 0.2) is 0 Å². The van der Waals surface area contributed by atoms with Crippen LogP contribution < -0.4 is 4.74 Å². The Balaban J connectivity index is 1.70. The van der Waals surface area contributed by atoms with E-state index in [1.807, 2.05) is 11.8 Å². The summed E-state index contributed by atoms with van der Waals surface area (Å²) in [5.74, 6) is 0.855. The number of hydrogen-bond acceptors (Lipinski definition) is 4. The molecule has 27 heavy (non-hydrogen) atoms. The summed E-state index contributed by atoms with van der Waals surface area (Å²) in [6.45, 7) is 6.14.